The molecule has 0 aromatic heterocycles. The number of benzene rings is 4. The Morgan fingerprint density at radius 3 is 2.04 bits per heavy atom. The van der Waals surface area contributed by atoms with Gasteiger partial charge >= 0.3 is 0 Å². The molecule has 126 valence electrons. The SMILES string of the molecule is O=C(C[C@H](c1ccccc1)c1cccc2ccccc12)c1ccccc1. The summed E-state index contributed by atoms with van der Waals surface area (Å²) in [6.45, 7) is 0. The summed E-state index contributed by atoms with van der Waals surface area (Å²) in [7, 11) is 0. The van der Waals surface area contributed by atoms with Gasteiger partial charge in [0.15, 0.2) is 5.78 Å². The summed E-state index contributed by atoms with van der Waals surface area (Å²) in [5, 5.41) is 2.42. The Hall–Kier alpha value is -3.19. The molecule has 1 nitrogen and oxygen atoms in total. The highest BCUT2D eigenvalue weighted by atomic mass is 16.1. The van der Waals surface area contributed by atoms with Crippen molar-refractivity contribution in [2.45, 2.75) is 12.3 Å². The van der Waals surface area contributed by atoms with Gasteiger partial charge in [-0.05, 0) is 21.9 Å². The maximum absolute atomic E-state index is 12.9. The molecule has 0 saturated heterocycles. The molecule has 26 heavy (non-hydrogen) atoms. The highest BCUT2D eigenvalue weighted by molar-refractivity contribution is 5.97. The molecular formula is C25H20O. The van der Waals surface area contributed by atoms with Crippen molar-refractivity contribution in [1.29, 1.82) is 0 Å². The topological polar surface area (TPSA) is 17.1 Å². The number of hydrogen-bond acceptors (Lipinski definition) is 1. The average Bonchev–Trinajstić information content (AvgIpc) is 2.73. The molecule has 4 aromatic rings. The highest BCUT2D eigenvalue weighted by Gasteiger charge is 2.20. The van der Waals surface area contributed by atoms with Gasteiger partial charge in [-0.15, -0.1) is 0 Å². The van der Waals surface area contributed by atoms with Crippen LogP contribution >= 0.6 is 0 Å². The van der Waals surface area contributed by atoms with E-state index < -0.39 is 0 Å². The Kier molecular flexibility index (Phi) is 4.61. The standard InChI is InChI=1S/C25H20O/c26-25(21-13-5-2-6-14-21)18-24(20-10-3-1-4-11-20)23-17-9-15-19-12-7-8-16-22(19)23/h1-17,24H,18H2/t24-/m1/s1. The molecular weight excluding hydrogens is 316 g/mol. The van der Waals surface area contributed by atoms with Crippen LogP contribution in [0, 0.1) is 0 Å². The normalized spacial score (nSPS) is 12.0. The molecule has 1 atom stereocenters. The van der Waals surface area contributed by atoms with Crippen molar-refractivity contribution in [3.05, 3.63) is 120 Å². The van der Waals surface area contributed by atoms with Crippen LogP contribution in [0.5, 0.6) is 0 Å². The van der Waals surface area contributed by atoms with Crippen LogP contribution in [-0.2, 0) is 0 Å². The number of rotatable bonds is 5. The second-order valence-corrected chi connectivity index (χ2v) is 6.52. The minimum atomic E-state index is 0.0370. The lowest BCUT2D eigenvalue weighted by molar-refractivity contribution is 0.0978. The molecule has 0 aliphatic rings. The van der Waals surface area contributed by atoms with Crippen molar-refractivity contribution in [1.82, 2.24) is 0 Å². The van der Waals surface area contributed by atoms with E-state index in [2.05, 4.69) is 54.6 Å². The van der Waals surface area contributed by atoms with Crippen LogP contribution in [0.1, 0.15) is 33.8 Å². The Bertz CT molecular complexity index is 1010. The van der Waals surface area contributed by atoms with Gasteiger partial charge in [0.25, 0.3) is 0 Å². The van der Waals surface area contributed by atoms with E-state index in [1.807, 2.05) is 48.5 Å². The second-order valence-electron chi connectivity index (χ2n) is 6.52. The summed E-state index contributed by atoms with van der Waals surface area (Å²) in [6.07, 6.45) is 0.460. The zero-order valence-electron chi connectivity index (χ0n) is 14.5. The summed E-state index contributed by atoms with van der Waals surface area (Å²) in [4.78, 5) is 12.9. The largest absolute Gasteiger partial charge is 0.294 e. The first-order chi connectivity index (χ1) is 12.8. The molecule has 0 heterocycles. The molecule has 0 unspecified atom stereocenters. The van der Waals surface area contributed by atoms with Gasteiger partial charge in [-0.3, -0.25) is 4.79 Å². The van der Waals surface area contributed by atoms with E-state index in [1.54, 1.807) is 0 Å². The molecule has 4 aromatic carbocycles. The fourth-order valence-corrected chi connectivity index (χ4v) is 3.57. The second kappa shape index (κ2) is 7.37. The predicted molar refractivity (Wildman–Crippen MR) is 108 cm³/mol. The molecule has 0 radical (unpaired) electrons. The summed E-state index contributed by atoms with van der Waals surface area (Å²) in [5.41, 5.74) is 3.15. The van der Waals surface area contributed by atoms with Crippen LogP contribution < -0.4 is 0 Å². The van der Waals surface area contributed by atoms with E-state index in [0.29, 0.717) is 6.42 Å². The van der Waals surface area contributed by atoms with Gasteiger partial charge in [-0.25, -0.2) is 0 Å². The zero-order chi connectivity index (χ0) is 17.8. The van der Waals surface area contributed by atoms with E-state index in [1.165, 1.54) is 21.9 Å². The molecule has 0 aliphatic heterocycles. The summed E-state index contributed by atoms with van der Waals surface area (Å²) in [5.74, 6) is 0.211. The number of fused-ring (bicyclic) bond motifs is 1. The van der Waals surface area contributed by atoms with Crippen LogP contribution in [0.4, 0.5) is 0 Å². The summed E-state index contributed by atoms with van der Waals surface area (Å²) in [6, 6.07) is 34.7. The molecule has 0 spiro atoms. The molecule has 4 rings (SSSR count). The Balaban J connectivity index is 1.80. The van der Waals surface area contributed by atoms with Crippen LogP contribution in [0.15, 0.2) is 103 Å². The number of Topliss-reactive ketones (excluding diaryl/α,β-unsaturated/α-hetero) is 1. The van der Waals surface area contributed by atoms with Gasteiger partial charge in [0.2, 0.25) is 0 Å². The molecule has 0 N–H and O–H groups in total. The summed E-state index contributed by atoms with van der Waals surface area (Å²) >= 11 is 0. The van der Waals surface area contributed by atoms with E-state index >= 15 is 0 Å². The lowest BCUT2D eigenvalue weighted by Gasteiger charge is -2.19. The number of ketones is 1. The van der Waals surface area contributed by atoms with Crippen molar-refractivity contribution in [3.8, 4) is 0 Å². The monoisotopic (exact) mass is 336 g/mol. The minimum Gasteiger partial charge on any atom is -0.294 e. The van der Waals surface area contributed by atoms with Crippen molar-refractivity contribution < 1.29 is 4.79 Å². The molecule has 0 aliphatic carbocycles. The quantitative estimate of drug-likeness (QED) is 0.394. The predicted octanol–water partition coefficient (Wildman–Crippen LogP) is 6.24. The lowest BCUT2D eigenvalue weighted by Crippen LogP contribution is -2.09. The van der Waals surface area contributed by atoms with Gasteiger partial charge in [-0.1, -0.05) is 103 Å². The van der Waals surface area contributed by atoms with Crippen molar-refractivity contribution in [3.63, 3.8) is 0 Å². The van der Waals surface area contributed by atoms with Gasteiger partial charge in [0, 0.05) is 17.9 Å². The molecule has 0 bridgehead atoms. The average molecular weight is 336 g/mol. The van der Waals surface area contributed by atoms with Gasteiger partial charge in [0.05, 0.1) is 0 Å². The van der Waals surface area contributed by atoms with Gasteiger partial charge in [0.1, 0.15) is 0 Å². The van der Waals surface area contributed by atoms with Crippen LogP contribution in [0.25, 0.3) is 10.8 Å². The molecule has 0 amide bonds. The van der Waals surface area contributed by atoms with E-state index in [9.17, 15) is 4.79 Å². The first kappa shape index (κ1) is 16.3. The minimum absolute atomic E-state index is 0.0370. The van der Waals surface area contributed by atoms with Crippen molar-refractivity contribution in [2.75, 3.05) is 0 Å². The van der Waals surface area contributed by atoms with Crippen LogP contribution in [0.3, 0.4) is 0 Å². The van der Waals surface area contributed by atoms with Crippen molar-refractivity contribution in [2.24, 2.45) is 0 Å². The Morgan fingerprint density at radius 2 is 1.27 bits per heavy atom. The number of carbonyl (C=O) groups excluding carboxylic acids is 1. The van der Waals surface area contributed by atoms with E-state index in [0.717, 1.165) is 5.56 Å². The zero-order valence-corrected chi connectivity index (χ0v) is 14.5. The fourth-order valence-electron chi connectivity index (χ4n) is 3.57. The Labute approximate surface area is 153 Å². The third kappa shape index (κ3) is 3.29. The summed E-state index contributed by atoms with van der Waals surface area (Å²) < 4.78 is 0. The third-order valence-corrected chi connectivity index (χ3v) is 4.89. The maximum Gasteiger partial charge on any atom is 0.163 e. The first-order valence-electron chi connectivity index (χ1n) is 8.94. The van der Waals surface area contributed by atoms with Gasteiger partial charge < -0.3 is 0 Å². The van der Waals surface area contributed by atoms with Crippen LogP contribution in [0.2, 0.25) is 0 Å². The van der Waals surface area contributed by atoms with Crippen LogP contribution in [-0.4, -0.2) is 5.78 Å². The fraction of sp³-hybridized carbons (Fsp3) is 0.0800. The first-order valence-corrected chi connectivity index (χ1v) is 8.94. The molecule has 0 saturated carbocycles. The van der Waals surface area contributed by atoms with Crippen molar-refractivity contribution >= 4 is 16.6 Å². The number of carbonyl (C=O) groups is 1. The molecule has 0 fully saturated rings. The number of hydrogen-bond donors (Lipinski definition) is 0. The van der Waals surface area contributed by atoms with E-state index in [4.69, 9.17) is 0 Å². The smallest absolute Gasteiger partial charge is 0.163 e. The Morgan fingerprint density at radius 1 is 0.654 bits per heavy atom. The lowest BCUT2D eigenvalue weighted by atomic mass is 9.83. The third-order valence-electron chi connectivity index (χ3n) is 4.89. The van der Waals surface area contributed by atoms with E-state index in [-0.39, 0.29) is 11.7 Å². The van der Waals surface area contributed by atoms with Gasteiger partial charge in [-0.2, -0.15) is 0 Å². The highest BCUT2D eigenvalue weighted by Crippen LogP contribution is 2.34. The maximum atomic E-state index is 12.9. The molecule has 1 heteroatoms.